The molecule has 0 spiro atoms. The molecule has 2 aliphatic carbocycles. The van der Waals surface area contributed by atoms with Crippen molar-refractivity contribution >= 4 is 52.9 Å². The van der Waals surface area contributed by atoms with Gasteiger partial charge in [-0.2, -0.15) is 8.42 Å². The summed E-state index contributed by atoms with van der Waals surface area (Å²) < 4.78 is 25.9. The topological polar surface area (TPSA) is 66.4 Å². The van der Waals surface area contributed by atoms with Gasteiger partial charge in [-0.25, -0.2) is 0 Å². The van der Waals surface area contributed by atoms with Crippen LogP contribution < -0.4 is 26.5 Å². The first-order valence-corrected chi connectivity index (χ1v) is 22.2. The van der Waals surface area contributed by atoms with Crippen molar-refractivity contribution in [3.05, 3.63) is 239 Å². The normalized spacial score (nSPS) is 13.7. The summed E-state index contributed by atoms with van der Waals surface area (Å²) >= 11 is 0. The van der Waals surface area contributed by atoms with Crippen molar-refractivity contribution in [1.82, 2.24) is 0 Å². The molecule has 0 atom stereocenters. The Balaban J connectivity index is 0.000000214. The van der Waals surface area contributed by atoms with Crippen molar-refractivity contribution in [2.75, 3.05) is 18.6 Å². The largest absolute Gasteiger partial charge is 0.395 e. The SMILES string of the molecule is CNc1ccccc1-c1[c-]cccc1.CS(=O)(=O)O.[CH]1[CH][CH][C](P(c2ccccc2)c2ccccc2)[CH]1.[CH]1[CH][CH][C](P(c2ccccc2)c2ccccc2)[CH]1.[Fe].[Pd]. The first kappa shape index (κ1) is 48.4. The van der Waals surface area contributed by atoms with Crippen LogP contribution >= 0.6 is 15.8 Å². The summed E-state index contributed by atoms with van der Waals surface area (Å²) in [7, 11) is -2.55. The summed E-state index contributed by atoms with van der Waals surface area (Å²) in [5.41, 5.74) is 6.28. The Bertz CT molecular complexity index is 1870. The van der Waals surface area contributed by atoms with Gasteiger partial charge < -0.3 is 5.32 Å². The van der Waals surface area contributed by atoms with Crippen molar-refractivity contribution < 1.29 is 50.5 Å². The second-order valence-electron chi connectivity index (χ2n) is 12.1. The number of para-hydroxylation sites is 1. The van der Waals surface area contributed by atoms with E-state index in [1.165, 1.54) is 38.1 Å². The minimum atomic E-state index is -3.67. The third kappa shape index (κ3) is 16.3. The van der Waals surface area contributed by atoms with Crippen LogP contribution in [0.1, 0.15) is 0 Å². The van der Waals surface area contributed by atoms with Crippen molar-refractivity contribution in [3.63, 3.8) is 0 Å². The molecule has 6 aromatic rings. The van der Waals surface area contributed by atoms with Gasteiger partial charge in [0.05, 0.1) is 6.26 Å². The summed E-state index contributed by atoms with van der Waals surface area (Å²) in [4.78, 5) is 0. The summed E-state index contributed by atoms with van der Waals surface area (Å²) in [6, 6.07) is 62.5. The summed E-state index contributed by atoms with van der Waals surface area (Å²) in [6.07, 6.45) is 18.1. The molecule has 0 saturated heterocycles. The van der Waals surface area contributed by atoms with Gasteiger partial charge in [0.25, 0.3) is 10.1 Å². The standard InChI is InChI=1S/2C17H14P.C13H12N.CH4O3S.Fe.Pd/c2*1-3-9-15(10-4-1)18(17-13-7-8-14-17)16-11-5-2-6-12-16;1-14-13-10-6-5-9-12(13)11-7-3-2-4-8-11;1-5(2,3)4;;/h2*1-14H;2-7,9-10,14H,1H3;1H3,(H,2,3,4);;/q;;-1;;;. The van der Waals surface area contributed by atoms with Crippen LogP contribution in [0.4, 0.5) is 5.69 Å². The molecule has 0 bridgehead atoms. The van der Waals surface area contributed by atoms with Gasteiger partial charge in [-0.1, -0.05) is 145 Å². The molecule has 10 radical (unpaired) electrons. The van der Waals surface area contributed by atoms with E-state index < -0.39 is 26.0 Å². The first-order chi connectivity index (χ1) is 26.8. The molecule has 0 aliphatic heterocycles. The minimum absolute atomic E-state index is 0. The Hall–Kier alpha value is -2.93. The number of hydrogen-bond donors (Lipinski definition) is 2. The molecule has 0 aromatic heterocycles. The molecule has 0 heterocycles. The van der Waals surface area contributed by atoms with Gasteiger partial charge in [-0.05, 0) is 100 Å². The maximum absolute atomic E-state index is 9.19. The fourth-order valence-corrected chi connectivity index (χ4v) is 10.3. The molecule has 2 saturated carbocycles. The van der Waals surface area contributed by atoms with Gasteiger partial charge in [0, 0.05) is 55.9 Å². The van der Waals surface area contributed by atoms with E-state index in [0.717, 1.165) is 11.3 Å². The molecule has 9 heteroatoms. The van der Waals surface area contributed by atoms with Crippen LogP contribution in [0, 0.1) is 68.8 Å². The van der Waals surface area contributed by atoms with E-state index in [1.54, 1.807) is 0 Å². The van der Waals surface area contributed by atoms with Crippen LogP contribution in [-0.4, -0.2) is 26.3 Å². The zero-order valence-electron chi connectivity index (χ0n) is 31.5. The van der Waals surface area contributed by atoms with Crippen LogP contribution in [0.15, 0.2) is 170 Å². The fraction of sp³-hybridized carbons (Fsp3) is 0.0417. The molecule has 57 heavy (non-hydrogen) atoms. The zero-order valence-corrected chi connectivity index (χ0v) is 36.8. The molecule has 2 N–H and O–H groups in total. The number of benzene rings is 6. The van der Waals surface area contributed by atoms with Crippen LogP contribution in [0.5, 0.6) is 0 Å². The van der Waals surface area contributed by atoms with Crippen molar-refractivity contribution in [2.45, 2.75) is 0 Å². The average molecular weight is 939 g/mol. The van der Waals surface area contributed by atoms with E-state index in [2.05, 4.69) is 202 Å². The van der Waals surface area contributed by atoms with Crippen LogP contribution in [-0.2, 0) is 47.6 Å². The van der Waals surface area contributed by atoms with E-state index in [4.69, 9.17) is 4.55 Å². The third-order valence-corrected chi connectivity index (χ3v) is 12.9. The van der Waals surface area contributed by atoms with E-state index in [9.17, 15) is 8.42 Å². The summed E-state index contributed by atoms with van der Waals surface area (Å²) in [5.74, 6) is 0. The van der Waals surface area contributed by atoms with Crippen LogP contribution in [0.2, 0.25) is 0 Å². The maximum atomic E-state index is 9.19. The summed E-state index contributed by atoms with van der Waals surface area (Å²) in [5, 5.41) is 8.80. The van der Waals surface area contributed by atoms with E-state index in [-0.39, 0.29) is 37.5 Å². The molecule has 294 valence electrons. The Morgan fingerprint density at radius 3 is 1.14 bits per heavy atom. The van der Waals surface area contributed by atoms with Crippen molar-refractivity contribution in [1.29, 1.82) is 0 Å². The number of hydrogen-bond acceptors (Lipinski definition) is 3. The quantitative estimate of drug-likeness (QED) is 0.0691. The summed E-state index contributed by atoms with van der Waals surface area (Å²) in [6.45, 7) is 0. The number of rotatable bonds is 8. The number of nitrogens with one attached hydrogen (secondary N) is 1. The Morgan fingerprint density at radius 1 is 0.509 bits per heavy atom. The van der Waals surface area contributed by atoms with Gasteiger partial charge >= 0.3 is 0 Å². The molecule has 0 unspecified atom stereocenters. The zero-order chi connectivity index (χ0) is 38.7. The minimum Gasteiger partial charge on any atom is -0.395 e. The Kier molecular flexibility index (Phi) is 22.3. The van der Waals surface area contributed by atoms with Gasteiger partial charge in [0.15, 0.2) is 0 Å². The number of anilines is 1. The first-order valence-electron chi connectivity index (χ1n) is 17.7. The van der Waals surface area contributed by atoms with Crippen molar-refractivity contribution in [2.24, 2.45) is 0 Å². The molecule has 2 fully saturated rings. The second-order valence-corrected chi connectivity index (χ2v) is 18.0. The fourth-order valence-electron chi connectivity index (χ4n) is 5.73. The van der Waals surface area contributed by atoms with Gasteiger partial charge in [0.2, 0.25) is 0 Å². The van der Waals surface area contributed by atoms with Gasteiger partial charge in [-0.15, -0.1) is 35.9 Å². The molecular formula is C48H44FeNO3P2PdS-. The van der Waals surface area contributed by atoms with E-state index in [0.29, 0.717) is 6.26 Å². The molecule has 0 amide bonds. The van der Waals surface area contributed by atoms with Crippen LogP contribution in [0.25, 0.3) is 11.1 Å². The molecule has 4 nitrogen and oxygen atoms in total. The second kappa shape index (κ2) is 26.2. The third-order valence-electron chi connectivity index (χ3n) is 8.06. The van der Waals surface area contributed by atoms with E-state index in [1.807, 2.05) is 37.4 Å². The Morgan fingerprint density at radius 2 is 0.825 bits per heavy atom. The van der Waals surface area contributed by atoms with Crippen LogP contribution in [0.3, 0.4) is 0 Å². The molecule has 6 aromatic carbocycles. The predicted octanol–water partition coefficient (Wildman–Crippen LogP) is 9.66. The Labute approximate surface area is 369 Å². The molecule has 2 aliphatic rings. The monoisotopic (exact) mass is 938 g/mol. The van der Waals surface area contributed by atoms with E-state index >= 15 is 0 Å². The predicted molar refractivity (Wildman–Crippen MR) is 237 cm³/mol. The van der Waals surface area contributed by atoms with Gasteiger partial charge in [0.1, 0.15) is 0 Å². The molecule has 8 rings (SSSR count). The maximum Gasteiger partial charge on any atom is 0.261 e. The smallest absolute Gasteiger partial charge is 0.261 e. The molecular weight excluding hydrogens is 895 g/mol. The van der Waals surface area contributed by atoms with Crippen molar-refractivity contribution in [3.8, 4) is 11.1 Å². The van der Waals surface area contributed by atoms with Gasteiger partial charge in [-0.3, -0.25) is 4.55 Å². The average Bonchev–Trinajstić information content (AvgIpc) is 3.96.